The van der Waals surface area contributed by atoms with Gasteiger partial charge in [-0.05, 0) is 30.3 Å². The Labute approximate surface area is 203 Å². The molecule has 9 heteroatoms. The van der Waals surface area contributed by atoms with E-state index in [1.54, 1.807) is 6.20 Å². The highest BCUT2D eigenvalue weighted by Gasteiger charge is 2.39. The van der Waals surface area contributed by atoms with Gasteiger partial charge in [0, 0.05) is 41.8 Å². The Kier molecular flexibility index (Phi) is 5.43. The van der Waals surface area contributed by atoms with Crippen LogP contribution < -0.4 is 15.0 Å². The molecule has 2 aromatic carbocycles. The summed E-state index contributed by atoms with van der Waals surface area (Å²) < 4.78 is 38.4. The van der Waals surface area contributed by atoms with Crippen LogP contribution in [0.5, 0.6) is 5.75 Å². The molecule has 0 unspecified atom stereocenters. The van der Waals surface area contributed by atoms with Crippen LogP contribution in [-0.4, -0.2) is 35.2 Å². The van der Waals surface area contributed by atoms with E-state index in [1.165, 1.54) is 0 Å². The summed E-state index contributed by atoms with van der Waals surface area (Å²) >= 11 is 0. The van der Waals surface area contributed by atoms with E-state index in [0.717, 1.165) is 11.9 Å². The fraction of sp³-hybridized carbons (Fsp3) is 0.346. The van der Waals surface area contributed by atoms with Crippen LogP contribution in [0.25, 0.3) is 16.8 Å². The van der Waals surface area contributed by atoms with Crippen LogP contribution in [0, 0.1) is 11.6 Å². The van der Waals surface area contributed by atoms with Crippen LogP contribution in [0.3, 0.4) is 0 Å². The number of imidazole rings is 1. The van der Waals surface area contributed by atoms with Crippen molar-refractivity contribution in [3.8, 4) is 16.9 Å². The van der Waals surface area contributed by atoms with Crippen LogP contribution in [-0.2, 0) is 17.9 Å². The standard InChI is InChI=1S/C26H28F2N4O2Si/c1-26(2,3)35(4,5)34-19-9-7-6-8-16(19)17-14-18(27)22(28)23-21(17)24(25(33)30-23)32-13-12-31-11-10-29-20(31)15-32/h6-11,14H,12-13,15H2,1-5H3. The molecular formula is C26H28F2N4O2Si. The highest BCUT2D eigenvalue weighted by molar-refractivity contribution is 6.74. The van der Waals surface area contributed by atoms with Crippen LogP contribution >= 0.6 is 0 Å². The van der Waals surface area contributed by atoms with Gasteiger partial charge in [0.05, 0.1) is 6.54 Å². The Hall–Kier alpha value is -3.33. The van der Waals surface area contributed by atoms with Crippen molar-refractivity contribution in [2.75, 3.05) is 6.54 Å². The van der Waals surface area contributed by atoms with Crippen LogP contribution in [0.15, 0.2) is 47.7 Å². The van der Waals surface area contributed by atoms with E-state index in [2.05, 4.69) is 43.8 Å². The van der Waals surface area contributed by atoms with Crippen molar-refractivity contribution < 1.29 is 18.0 Å². The second-order valence-corrected chi connectivity index (χ2v) is 15.3. The normalized spacial score (nSPS) is 15.7. The third kappa shape index (κ3) is 3.87. The molecule has 0 N–H and O–H groups in total. The van der Waals surface area contributed by atoms with Crippen LogP contribution in [0.2, 0.25) is 18.1 Å². The molecule has 0 bridgehead atoms. The average Bonchev–Trinajstić information content (AvgIpc) is 3.39. The van der Waals surface area contributed by atoms with Crippen molar-refractivity contribution in [2.24, 2.45) is 4.99 Å². The first-order chi connectivity index (χ1) is 16.5. The number of carbonyl (C=O) groups is 1. The summed E-state index contributed by atoms with van der Waals surface area (Å²) in [5, 5.41) is -0.00904. The zero-order valence-corrected chi connectivity index (χ0v) is 21.5. The average molecular weight is 495 g/mol. The van der Waals surface area contributed by atoms with Crippen LogP contribution in [0.4, 0.5) is 8.78 Å². The number of aromatic nitrogens is 2. The molecule has 3 aromatic rings. The lowest BCUT2D eigenvalue weighted by atomic mass is 10.00. The zero-order chi connectivity index (χ0) is 25.1. The van der Waals surface area contributed by atoms with Crippen molar-refractivity contribution in [3.63, 3.8) is 0 Å². The summed E-state index contributed by atoms with van der Waals surface area (Å²) in [5.74, 6) is -1.36. The van der Waals surface area contributed by atoms with E-state index < -0.39 is 25.9 Å². The van der Waals surface area contributed by atoms with Gasteiger partial charge in [-0.2, -0.15) is 0 Å². The molecule has 6 nitrogen and oxygen atoms in total. The van der Waals surface area contributed by atoms with Gasteiger partial charge in [-0.25, -0.2) is 18.8 Å². The summed E-state index contributed by atoms with van der Waals surface area (Å²) in [4.78, 5) is 23.3. The van der Waals surface area contributed by atoms with E-state index >= 15 is 0 Å². The van der Waals surface area contributed by atoms with E-state index in [-0.39, 0.29) is 16.1 Å². The third-order valence-electron chi connectivity index (χ3n) is 7.26. The SMILES string of the molecule is CC(C)(C)[Si](C)(C)Oc1ccccc1-c1cc(F)c(F)c2c1=C(N1CCn3ccnc3C1)C(=O)N=2. The number of amides is 1. The van der Waals surface area contributed by atoms with E-state index in [1.807, 2.05) is 39.9 Å². The van der Waals surface area contributed by atoms with Gasteiger partial charge in [-0.3, -0.25) is 4.79 Å². The van der Waals surface area contributed by atoms with Gasteiger partial charge in [0.15, 0.2) is 11.6 Å². The minimum atomic E-state index is -2.24. The maximum atomic E-state index is 14.9. The molecule has 2 aliphatic heterocycles. The Morgan fingerprint density at radius 2 is 1.83 bits per heavy atom. The molecule has 35 heavy (non-hydrogen) atoms. The van der Waals surface area contributed by atoms with Gasteiger partial charge < -0.3 is 13.9 Å². The first-order valence-corrected chi connectivity index (χ1v) is 14.6. The molecule has 182 valence electrons. The first kappa shape index (κ1) is 23.4. The molecule has 2 aliphatic rings. The van der Waals surface area contributed by atoms with E-state index in [9.17, 15) is 13.6 Å². The largest absolute Gasteiger partial charge is 0.543 e. The van der Waals surface area contributed by atoms with E-state index in [0.29, 0.717) is 41.7 Å². The van der Waals surface area contributed by atoms with Crippen LogP contribution in [0.1, 0.15) is 26.6 Å². The van der Waals surface area contributed by atoms with Crippen molar-refractivity contribution in [1.29, 1.82) is 0 Å². The molecule has 0 fully saturated rings. The highest BCUT2D eigenvalue weighted by Crippen LogP contribution is 2.40. The molecule has 0 saturated heterocycles. The van der Waals surface area contributed by atoms with Gasteiger partial charge in [0.1, 0.15) is 22.6 Å². The van der Waals surface area contributed by atoms with Gasteiger partial charge >= 0.3 is 0 Å². The molecule has 0 aliphatic carbocycles. The number of fused-ring (bicyclic) bond motifs is 2. The number of nitrogens with zero attached hydrogens (tertiary/aromatic N) is 4. The van der Waals surface area contributed by atoms with Crippen molar-refractivity contribution in [2.45, 2.75) is 52.0 Å². The van der Waals surface area contributed by atoms with Gasteiger partial charge in [-0.15, -0.1) is 0 Å². The second kappa shape index (κ2) is 8.12. The summed E-state index contributed by atoms with van der Waals surface area (Å²) in [6.45, 7) is 12.2. The Morgan fingerprint density at radius 1 is 1.09 bits per heavy atom. The van der Waals surface area contributed by atoms with Crippen molar-refractivity contribution >= 4 is 19.9 Å². The molecule has 5 rings (SSSR count). The number of carbonyl (C=O) groups excluding carboxylic acids is 1. The smallest absolute Gasteiger partial charge is 0.294 e. The van der Waals surface area contributed by atoms with Crippen molar-refractivity contribution in [1.82, 2.24) is 14.5 Å². The monoisotopic (exact) mass is 494 g/mol. The minimum Gasteiger partial charge on any atom is -0.543 e. The molecule has 1 aromatic heterocycles. The van der Waals surface area contributed by atoms with Gasteiger partial charge in [0.2, 0.25) is 0 Å². The molecule has 1 amide bonds. The lowest BCUT2D eigenvalue weighted by Crippen LogP contribution is -2.44. The van der Waals surface area contributed by atoms with Crippen molar-refractivity contribution in [3.05, 3.63) is 70.8 Å². The maximum absolute atomic E-state index is 14.9. The predicted molar refractivity (Wildman–Crippen MR) is 131 cm³/mol. The Balaban J connectivity index is 1.74. The summed E-state index contributed by atoms with van der Waals surface area (Å²) in [6.07, 6.45) is 3.61. The number of halogens is 2. The predicted octanol–water partition coefficient (Wildman–Crippen LogP) is 4.00. The lowest BCUT2D eigenvalue weighted by Gasteiger charge is -2.37. The molecule has 0 atom stereocenters. The van der Waals surface area contributed by atoms with Gasteiger partial charge in [-0.1, -0.05) is 39.0 Å². The molecule has 0 saturated carbocycles. The highest BCUT2D eigenvalue weighted by atomic mass is 28.4. The topological polar surface area (TPSA) is 59.7 Å². The Morgan fingerprint density at radius 3 is 2.57 bits per heavy atom. The second-order valence-electron chi connectivity index (χ2n) is 10.5. The quantitative estimate of drug-likeness (QED) is 0.515. The number of hydrogen-bond acceptors (Lipinski definition) is 4. The number of rotatable bonds is 4. The number of benzene rings is 2. The minimum absolute atomic E-state index is 0.0611. The Bertz CT molecular complexity index is 1470. The summed E-state index contributed by atoms with van der Waals surface area (Å²) in [6, 6.07) is 8.50. The molecular weight excluding hydrogens is 466 g/mol. The summed E-state index contributed by atoms with van der Waals surface area (Å²) in [7, 11) is -2.24. The maximum Gasteiger partial charge on any atom is 0.294 e. The number of para-hydroxylation sites is 1. The fourth-order valence-corrected chi connectivity index (χ4v) is 5.33. The van der Waals surface area contributed by atoms with E-state index in [4.69, 9.17) is 4.43 Å². The summed E-state index contributed by atoms with van der Waals surface area (Å²) in [5.41, 5.74) is 1.27. The number of hydrogen-bond donors (Lipinski definition) is 0. The third-order valence-corrected chi connectivity index (χ3v) is 11.6. The lowest BCUT2D eigenvalue weighted by molar-refractivity contribution is -0.113. The molecule has 3 heterocycles. The fourth-order valence-electron chi connectivity index (χ4n) is 4.30. The zero-order valence-electron chi connectivity index (χ0n) is 20.5. The van der Waals surface area contributed by atoms with Gasteiger partial charge in [0.25, 0.3) is 14.2 Å². The molecule has 0 spiro atoms. The first-order valence-electron chi connectivity index (χ1n) is 11.7. The molecule has 0 radical (unpaired) electrons.